The van der Waals surface area contributed by atoms with Crippen LogP contribution in [0.25, 0.3) is 0 Å². The van der Waals surface area contributed by atoms with Crippen molar-refractivity contribution in [3.63, 3.8) is 0 Å². The molecule has 0 aromatic carbocycles. The lowest BCUT2D eigenvalue weighted by Crippen LogP contribution is -2.38. The highest BCUT2D eigenvalue weighted by Crippen LogP contribution is 2.44. The lowest BCUT2D eigenvalue weighted by Gasteiger charge is -2.38. The Morgan fingerprint density at radius 1 is 1.25 bits per heavy atom. The predicted molar refractivity (Wildman–Crippen MR) is 108 cm³/mol. The van der Waals surface area contributed by atoms with Gasteiger partial charge in [0.1, 0.15) is 5.76 Å². The number of furan rings is 1. The summed E-state index contributed by atoms with van der Waals surface area (Å²) in [5, 5.41) is 5.37. The van der Waals surface area contributed by atoms with Gasteiger partial charge in [0.2, 0.25) is 11.8 Å². The van der Waals surface area contributed by atoms with Gasteiger partial charge in [0, 0.05) is 31.0 Å². The third-order valence-electron chi connectivity index (χ3n) is 6.10. The highest BCUT2D eigenvalue weighted by atomic mass is 32.1. The van der Waals surface area contributed by atoms with Gasteiger partial charge in [-0.15, -0.1) is 11.3 Å². The number of nitrogens with zero attached hydrogens (tertiary/aromatic N) is 2. The molecule has 3 heterocycles. The number of rotatable bonds is 6. The Kier molecular flexibility index (Phi) is 5.80. The third kappa shape index (κ3) is 4.29. The second-order valence-corrected chi connectivity index (χ2v) is 8.95. The first-order valence-electron chi connectivity index (χ1n) is 10.2. The molecule has 6 nitrogen and oxygen atoms in total. The van der Waals surface area contributed by atoms with Crippen molar-refractivity contribution in [3.8, 4) is 0 Å². The fourth-order valence-electron chi connectivity index (χ4n) is 4.77. The van der Waals surface area contributed by atoms with E-state index in [2.05, 4.69) is 10.3 Å². The molecule has 2 aromatic heterocycles. The summed E-state index contributed by atoms with van der Waals surface area (Å²) in [5.41, 5.74) is -0.243. The van der Waals surface area contributed by atoms with Gasteiger partial charge in [-0.25, -0.2) is 4.98 Å². The van der Waals surface area contributed by atoms with E-state index in [1.165, 1.54) is 17.8 Å². The minimum Gasteiger partial charge on any atom is -0.467 e. The van der Waals surface area contributed by atoms with Crippen LogP contribution in [0.5, 0.6) is 0 Å². The van der Waals surface area contributed by atoms with Crippen LogP contribution in [0.2, 0.25) is 0 Å². The van der Waals surface area contributed by atoms with Crippen molar-refractivity contribution >= 4 is 28.3 Å². The highest BCUT2D eigenvalue weighted by Gasteiger charge is 2.40. The van der Waals surface area contributed by atoms with E-state index >= 15 is 0 Å². The van der Waals surface area contributed by atoms with Gasteiger partial charge in [-0.3, -0.25) is 9.59 Å². The first kappa shape index (κ1) is 19.2. The molecular formula is C21H27N3O3S. The van der Waals surface area contributed by atoms with E-state index in [-0.39, 0.29) is 23.3 Å². The summed E-state index contributed by atoms with van der Waals surface area (Å²) in [4.78, 5) is 32.0. The molecule has 7 heteroatoms. The lowest BCUT2D eigenvalue weighted by molar-refractivity contribution is -0.136. The molecule has 0 bridgehead atoms. The third-order valence-corrected chi connectivity index (χ3v) is 6.79. The molecule has 1 aliphatic heterocycles. The Morgan fingerprint density at radius 2 is 2.11 bits per heavy atom. The number of hydrogen-bond donors (Lipinski definition) is 1. The zero-order valence-electron chi connectivity index (χ0n) is 16.1. The van der Waals surface area contributed by atoms with E-state index in [0.29, 0.717) is 18.0 Å². The zero-order valence-corrected chi connectivity index (χ0v) is 16.9. The topological polar surface area (TPSA) is 75.4 Å². The molecule has 1 unspecified atom stereocenters. The van der Waals surface area contributed by atoms with Crippen molar-refractivity contribution in [1.82, 2.24) is 9.88 Å². The first-order valence-corrected chi connectivity index (χ1v) is 11.1. The van der Waals surface area contributed by atoms with Gasteiger partial charge in [-0.05, 0) is 43.2 Å². The average Bonchev–Trinajstić information content (AvgIpc) is 3.43. The maximum Gasteiger partial charge on any atom is 0.226 e. The summed E-state index contributed by atoms with van der Waals surface area (Å²) in [7, 11) is 0. The number of carbonyl (C=O) groups excluding carboxylic acids is 2. The number of amides is 2. The molecule has 1 saturated heterocycles. The summed E-state index contributed by atoms with van der Waals surface area (Å²) in [6.07, 6.45) is 11.3. The van der Waals surface area contributed by atoms with E-state index < -0.39 is 0 Å². The van der Waals surface area contributed by atoms with Gasteiger partial charge in [-0.2, -0.15) is 0 Å². The summed E-state index contributed by atoms with van der Waals surface area (Å²) in [6.45, 7) is 0.769. The van der Waals surface area contributed by atoms with E-state index in [4.69, 9.17) is 4.42 Å². The van der Waals surface area contributed by atoms with E-state index in [1.54, 1.807) is 12.5 Å². The monoisotopic (exact) mass is 401 g/mol. The number of hydrogen-bond acceptors (Lipinski definition) is 5. The molecular weight excluding hydrogens is 374 g/mol. The summed E-state index contributed by atoms with van der Waals surface area (Å²) in [5.74, 6) is 0.988. The molecule has 2 fully saturated rings. The normalized spacial score (nSPS) is 21.6. The number of anilines is 1. The quantitative estimate of drug-likeness (QED) is 0.756. The van der Waals surface area contributed by atoms with Gasteiger partial charge in [-0.1, -0.05) is 19.3 Å². The molecule has 1 N–H and O–H groups in total. The molecule has 0 radical (unpaired) electrons. The van der Waals surface area contributed by atoms with Crippen molar-refractivity contribution in [2.24, 2.45) is 5.41 Å². The molecule has 4 rings (SSSR count). The molecule has 1 saturated carbocycles. The lowest BCUT2D eigenvalue weighted by atomic mass is 9.69. The smallest absolute Gasteiger partial charge is 0.226 e. The Morgan fingerprint density at radius 3 is 2.82 bits per heavy atom. The summed E-state index contributed by atoms with van der Waals surface area (Å²) < 4.78 is 5.57. The van der Waals surface area contributed by atoms with Crippen molar-refractivity contribution in [2.45, 2.75) is 63.8 Å². The number of likely N-dealkylation sites (tertiary alicyclic amines) is 1. The second kappa shape index (κ2) is 8.47. The van der Waals surface area contributed by atoms with E-state index in [9.17, 15) is 9.59 Å². The van der Waals surface area contributed by atoms with Crippen LogP contribution >= 0.6 is 11.3 Å². The fraction of sp³-hybridized carbons (Fsp3) is 0.571. The standard InChI is InChI=1S/C21H27N3O3S/c25-18(23-20-22-10-13-28-20)14-21(8-2-1-3-9-21)15-19(26)24-11-4-6-16(24)17-7-5-12-27-17/h5,7,10,12-13,16H,1-4,6,8-9,11,14-15H2,(H,22,23,25). The molecule has 1 aliphatic carbocycles. The zero-order chi connectivity index (χ0) is 19.4. The number of carbonyl (C=O) groups is 2. The van der Waals surface area contributed by atoms with Gasteiger partial charge in [0.05, 0.1) is 12.3 Å². The van der Waals surface area contributed by atoms with Crippen LogP contribution in [0.1, 0.15) is 69.6 Å². The molecule has 28 heavy (non-hydrogen) atoms. The highest BCUT2D eigenvalue weighted by molar-refractivity contribution is 7.13. The van der Waals surface area contributed by atoms with Gasteiger partial charge in [0.15, 0.2) is 5.13 Å². The molecule has 1 atom stereocenters. The predicted octanol–water partition coefficient (Wildman–Crippen LogP) is 4.77. The van der Waals surface area contributed by atoms with Crippen LogP contribution in [0.4, 0.5) is 5.13 Å². The number of aromatic nitrogens is 1. The Balaban J connectivity index is 1.45. The first-order chi connectivity index (χ1) is 13.7. The Labute approximate surface area is 169 Å². The minimum absolute atomic E-state index is 0.0337. The van der Waals surface area contributed by atoms with Crippen molar-refractivity contribution < 1.29 is 14.0 Å². The van der Waals surface area contributed by atoms with Gasteiger partial charge in [0.25, 0.3) is 0 Å². The summed E-state index contributed by atoms with van der Waals surface area (Å²) >= 11 is 1.42. The number of thiazole rings is 1. The molecule has 2 amide bonds. The van der Waals surface area contributed by atoms with Crippen molar-refractivity contribution in [1.29, 1.82) is 0 Å². The van der Waals surface area contributed by atoms with Crippen LogP contribution in [0, 0.1) is 5.41 Å². The minimum atomic E-state index is -0.243. The van der Waals surface area contributed by atoms with Crippen molar-refractivity contribution in [3.05, 3.63) is 35.7 Å². The fourth-order valence-corrected chi connectivity index (χ4v) is 5.32. The van der Waals surface area contributed by atoms with E-state index in [0.717, 1.165) is 50.8 Å². The SMILES string of the molecule is O=C(CC1(CC(=O)N2CCCC2c2ccco2)CCCCC1)Nc1nccs1. The number of nitrogens with one attached hydrogen (secondary N) is 1. The van der Waals surface area contributed by atoms with Crippen LogP contribution < -0.4 is 5.32 Å². The Hall–Kier alpha value is -2.15. The molecule has 2 aromatic rings. The van der Waals surface area contributed by atoms with Crippen LogP contribution in [-0.4, -0.2) is 28.2 Å². The molecule has 150 valence electrons. The molecule has 2 aliphatic rings. The van der Waals surface area contributed by atoms with Gasteiger partial charge >= 0.3 is 0 Å². The van der Waals surface area contributed by atoms with Crippen LogP contribution in [0.15, 0.2) is 34.4 Å². The Bertz CT molecular complexity index is 782. The maximum absolute atomic E-state index is 13.3. The van der Waals surface area contributed by atoms with Crippen LogP contribution in [0.3, 0.4) is 0 Å². The average molecular weight is 402 g/mol. The largest absolute Gasteiger partial charge is 0.467 e. The van der Waals surface area contributed by atoms with Crippen molar-refractivity contribution in [2.75, 3.05) is 11.9 Å². The summed E-state index contributed by atoms with van der Waals surface area (Å²) in [6, 6.07) is 3.86. The van der Waals surface area contributed by atoms with Gasteiger partial charge < -0.3 is 14.6 Å². The van der Waals surface area contributed by atoms with Crippen LogP contribution in [-0.2, 0) is 9.59 Å². The maximum atomic E-state index is 13.3. The second-order valence-electron chi connectivity index (χ2n) is 8.06. The molecule has 0 spiro atoms. The van der Waals surface area contributed by atoms with E-state index in [1.807, 2.05) is 22.4 Å².